The van der Waals surface area contributed by atoms with Gasteiger partial charge in [0.1, 0.15) is 6.04 Å². The van der Waals surface area contributed by atoms with Gasteiger partial charge in [0.2, 0.25) is 0 Å². The quantitative estimate of drug-likeness (QED) is 0.808. The summed E-state index contributed by atoms with van der Waals surface area (Å²) in [5.41, 5.74) is 4.96. The highest BCUT2D eigenvalue weighted by atomic mass is 127. The van der Waals surface area contributed by atoms with Crippen LogP contribution in [0, 0.1) is 3.57 Å². The molecule has 0 saturated heterocycles. The lowest BCUT2D eigenvalue weighted by molar-refractivity contribution is -0.149. The van der Waals surface area contributed by atoms with Crippen LogP contribution in [0.15, 0.2) is 18.5 Å². The van der Waals surface area contributed by atoms with Crippen LogP contribution in [-0.4, -0.2) is 11.2 Å². The Bertz CT molecular complexity index is 300. The van der Waals surface area contributed by atoms with Crippen molar-refractivity contribution in [3.05, 3.63) is 27.6 Å². The summed E-state index contributed by atoms with van der Waals surface area (Å²) in [5, 5.41) is 0. The van der Waals surface area contributed by atoms with Crippen LogP contribution in [0.3, 0.4) is 0 Å². The van der Waals surface area contributed by atoms with Crippen molar-refractivity contribution >= 4 is 22.6 Å². The largest absolute Gasteiger partial charge is 0.407 e. The molecule has 0 aliphatic heterocycles. The maximum atomic E-state index is 12.1. The van der Waals surface area contributed by atoms with Gasteiger partial charge in [-0.1, -0.05) is 0 Å². The van der Waals surface area contributed by atoms with E-state index in [2.05, 4.69) is 4.98 Å². The van der Waals surface area contributed by atoms with Crippen LogP contribution < -0.4 is 5.73 Å². The molecule has 1 unspecified atom stereocenters. The summed E-state index contributed by atoms with van der Waals surface area (Å²) in [7, 11) is 0. The van der Waals surface area contributed by atoms with Gasteiger partial charge in [-0.15, -0.1) is 0 Å². The minimum Gasteiger partial charge on any atom is -0.316 e. The molecule has 0 saturated carbocycles. The Morgan fingerprint density at radius 3 is 2.46 bits per heavy atom. The van der Waals surface area contributed by atoms with Gasteiger partial charge in [0.15, 0.2) is 0 Å². The molecule has 13 heavy (non-hydrogen) atoms. The van der Waals surface area contributed by atoms with Crippen LogP contribution in [-0.2, 0) is 0 Å². The zero-order chi connectivity index (χ0) is 10.1. The number of pyridine rings is 1. The molecule has 0 amide bonds. The van der Waals surface area contributed by atoms with Crippen molar-refractivity contribution in [3.63, 3.8) is 0 Å². The average molecular weight is 302 g/mol. The first-order chi connectivity index (χ1) is 5.91. The number of aromatic nitrogens is 1. The molecule has 1 atom stereocenters. The molecule has 0 radical (unpaired) electrons. The lowest BCUT2D eigenvalue weighted by atomic mass is 10.1. The second kappa shape index (κ2) is 3.79. The third-order valence-corrected chi connectivity index (χ3v) is 2.03. The molecule has 0 aliphatic carbocycles. The Hall–Kier alpha value is -0.370. The molecule has 1 aromatic heterocycles. The molecule has 0 aromatic carbocycles. The molecule has 0 bridgehead atoms. The Kier molecular flexibility index (Phi) is 3.12. The van der Waals surface area contributed by atoms with Crippen LogP contribution in [0.1, 0.15) is 11.6 Å². The van der Waals surface area contributed by atoms with E-state index in [1.54, 1.807) is 0 Å². The zero-order valence-electron chi connectivity index (χ0n) is 6.35. The second-order valence-corrected chi connectivity index (χ2v) is 3.70. The predicted octanol–water partition coefficient (Wildman–Crippen LogP) is 2.25. The summed E-state index contributed by atoms with van der Waals surface area (Å²) in [6.45, 7) is 0. The summed E-state index contributed by atoms with van der Waals surface area (Å²) in [4.78, 5) is 3.63. The maximum absolute atomic E-state index is 12.1. The topological polar surface area (TPSA) is 38.9 Å². The molecule has 0 fully saturated rings. The van der Waals surface area contributed by atoms with Gasteiger partial charge in [-0.2, -0.15) is 13.2 Å². The fourth-order valence-corrected chi connectivity index (χ4v) is 1.31. The third-order valence-electron chi connectivity index (χ3n) is 1.44. The zero-order valence-corrected chi connectivity index (χ0v) is 8.50. The minimum absolute atomic E-state index is 0.0144. The summed E-state index contributed by atoms with van der Waals surface area (Å²) < 4.78 is 37.0. The molecule has 0 spiro atoms. The van der Waals surface area contributed by atoms with Crippen molar-refractivity contribution in [3.8, 4) is 0 Å². The van der Waals surface area contributed by atoms with E-state index in [4.69, 9.17) is 5.73 Å². The van der Waals surface area contributed by atoms with Crippen LogP contribution in [0.5, 0.6) is 0 Å². The van der Waals surface area contributed by atoms with Gasteiger partial charge in [0.05, 0.1) is 0 Å². The summed E-state index contributed by atoms with van der Waals surface area (Å²) in [5.74, 6) is 0. The van der Waals surface area contributed by atoms with Gasteiger partial charge in [0.25, 0.3) is 0 Å². The second-order valence-electron chi connectivity index (χ2n) is 2.46. The van der Waals surface area contributed by atoms with E-state index >= 15 is 0 Å². The Labute approximate surface area is 86.5 Å². The number of hydrogen-bond donors (Lipinski definition) is 1. The molecule has 1 heterocycles. The lowest BCUT2D eigenvalue weighted by Gasteiger charge is -2.15. The molecule has 0 aliphatic rings. The molecule has 6 heteroatoms. The Balaban J connectivity index is 2.96. The van der Waals surface area contributed by atoms with Crippen molar-refractivity contribution in [2.75, 3.05) is 0 Å². The van der Waals surface area contributed by atoms with E-state index < -0.39 is 12.2 Å². The first kappa shape index (κ1) is 10.7. The molecule has 2 N–H and O–H groups in total. The predicted molar refractivity (Wildman–Crippen MR) is 49.9 cm³/mol. The van der Waals surface area contributed by atoms with Crippen molar-refractivity contribution in [2.45, 2.75) is 12.2 Å². The van der Waals surface area contributed by atoms with Gasteiger partial charge in [-0.25, -0.2) is 0 Å². The number of nitrogens with two attached hydrogens (primary N) is 1. The van der Waals surface area contributed by atoms with Crippen LogP contribution in [0.4, 0.5) is 13.2 Å². The van der Waals surface area contributed by atoms with Crippen LogP contribution in [0.2, 0.25) is 0 Å². The van der Waals surface area contributed by atoms with Crippen molar-refractivity contribution < 1.29 is 13.2 Å². The van der Waals surface area contributed by atoms with E-state index in [9.17, 15) is 13.2 Å². The Morgan fingerprint density at radius 1 is 1.38 bits per heavy atom. The third kappa shape index (κ3) is 2.80. The van der Waals surface area contributed by atoms with Crippen molar-refractivity contribution in [1.82, 2.24) is 4.98 Å². The highest BCUT2D eigenvalue weighted by Gasteiger charge is 2.37. The number of hydrogen-bond acceptors (Lipinski definition) is 2. The lowest BCUT2D eigenvalue weighted by Crippen LogP contribution is -2.28. The van der Waals surface area contributed by atoms with E-state index in [-0.39, 0.29) is 5.56 Å². The molecule has 1 rings (SSSR count). The summed E-state index contributed by atoms with van der Waals surface area (Å²) >= 11 is 1.88. The molecular weight excluding hydrogens is 296 g/mol. The van der Waals surface area contributed by atoms with E-state index in [0.717, 1.165) is 6.20 Å². The summed E-state index contributed by atoms with van der Waals surface area (Å²) in [6.07, 6.45) is -1.82. The number of rotatable bonds is 1. The van der Waals surface area contributed by atoms with Crippen LogP contribution >= 0.6 is 22.6 Å². The SMILES string of the molecule is NC(c1cncc(I)c1)C(F)(F)F. The van der Waals surface area contributed by atoms with Crippen molar-refractivity contribution in [2.24, 2.45) is 5.73 Å². The number of halogens is 4. The maximum Gasteiger partial charge on any atom is 0.407 e. The molecular formula is C7H6F3IN2. The van der Waals surface area contributed by atoms with Gasteiger partial charge in [-0.3, -0.25) is 4.98 Å². The van der Waals surface area contributed by atoms with E-state index in [0.29, 0.717) is 3.57 Å². The monoisotopic (exact) mass is 302 g/mol. The number of alkyl halides is 3. The molecule has 72 valence electrons. The van der Waals surface area contributed by atoms with E-state index in [1.807, 2.05) is 22.6 Å². The molecule has 2 nitrogen and oxygen atoms in total. The van der Waals surface area contributed by atoms with E-state index in [1.165, 1.54) is 12.3 Å². The standard InChI is InChI=1S/C7H6F3IN2/c8-7(9,10)6(12)4-1-5(11)3-13-2-4/h1-3,6H,12H2. The first-order valence-electron chi connectivity index (χ1n) is 3.34. The fraction of sp³-hybridized carbons (Fsp3) is 0.286. The smallest absolute Gasteiger partial charge is 0.316 e. The molecule has 1 aromatic rings. The van der Waals surface area contributed by atoms with Crippen LogP contribution in [0.25, 0.3) is 0 Å². The Morgan fingerprint density at radius 2 is 2.00 bits per heavy atom. The highest BCUT2D eigenvalue weighted by Crippen LogP contribution is 2.30. The van der Waals surface area contributed by atoms with Gasteiger partial charge >= 0.3 is 6.18 Å². The first-order valence-corrected chi connectivity index (χ1v) is 4.42. The normalized spacial score (nSPS) is 14.2. The summed E-state index contributed by atoms with van der Waals surface area (Å²) in [6, 6.07) is -0.583. The van der Waals surface area contributed by atoms with Gasteiger partial charge < -0.3 is 5.73 Å². The van der Waals surface area contributed by atoms with Gasteiger partial charge in [-0.05, 0) is 34.2 Å². The number of nitrogens with zero attached hydrogens (tertiary/aromatic N) is 1. The van der Waals surface area contributed by atoms with Gasteiger partial charge in [0, 0.05) is 16.0 Å². The highest BCUT2D eigenvalue weighted by molar-refractivity contribution is 14.1. The fourth-order valence-electron chi connectivity index (χ4n) is 0.787. The minimum atomic E-state index is -4.41. The average Bonchev–Trinajstić information content (AvgIpc) is 2.01. The van der Waals surface area contributed by atoms with Crippen molar-refractivity contribution in [1.29, 1.82) is 0 Å².